The largest absolute Gasteiger partial charge is 0.496 e. The normalized spacial score (nSPS) is 16.8. The fourth-order valence-electron chi connectivity index (χ4n) is 3.74. The number of rotatable bonds is 6. The van der Waals surface area contributed by atoms with Gasteiger partial charge in [0.15, 0.2) is 0 Å². The van der Waals surface area contributed by atoms with Crippen molar-refractivity contribution in [3.05, 3.63) is 75.4 Å². The minimum Gasteiger partial charge on any atom is -0.496 e. The summed E-state index contributed by atoms with van der Waals surface area (Å²) >= 11 is 3.43. The van der Waals surface area contributed by atoms with Crippen molar-refractivity contribution < 1.29 is 19.1 Å². The van der Waals surface area contributed by atoms with Gasteiger partial charge < -0.3 is 14.4 Å². The number of ether oxygens (including phenoxy) is 2. The lowest BCUT2D eigenvalue weighted by molar-refractivity contribution is -0.143. The quantitative estimate of drug-likeness (QED) is 0.543. The third-order valence-corrected chi connectivity index (χ3v) is 5.68. The van der Waals surface area contributed by atoms with E-state index in [0.717, 1.165) is 15.6 Å². The molecule has 6 heteroatoms. The molecule has 0 N–H and O–H groups in total. The molecule has 2 aromatic carbocycles. The smallest absolute Gasteiger partial charge is 0.336 e. The molecule has 158 valence electrons. The maximum absolute atomic E-state index is 13.1. The molecule has 1 aliphatic heterocycles. The van der Waals surface area contributed by atoms with Gasteiger partial charge in [0.25, 0.3) is 0 Å². The molecule has 3 rings (SSSR count). The molecule has 0 bridgehead atoms. The van der Waals surface area contributed by atoms with Crippen LogP contribution in [0.5, 0.6) is 5.75 Å². The highest BCUT2D eigenvalue weighted by Gasteiger charge is 2.38. The summed E-state index contributed by atoms with van der Waals surface area (Å²) in [4.78, 5) is 27.9. The van der Waals surface area contributed by atoms with E-state index in [-0.39, 0.29) is 18.4 Å². The van der Waals surface area contributed by atoms with Crippen molar-refractivity contribution in [1.29, 1.82) is 0 Å². The number of benzene rings is 2. The molecule has 0 aromatic heterocycles. The Bertz CT molecular complexity index is 965. The molecule has 2 aromatic rings. The van der Waals surface area contributed by atoms with E-state index >= 15 is 0 Å². The Kier molecular flexibility index (Phi) is 6.98. The lowest BCUT2D eigenvalue weighted by Gasteiger charge is -2.35. The summed E-state index contributed by atoms with van der Waals surface area (Å²) in [5.74, 6) is -0.195. The second-order valence-electron chi connectivity index (χ2n) is 7.56. The van der Waals surface area contributed by atoms with Gasteiger partial charge in [0.1, 0.15) is 5.75 Å². The molecule has 1 amide bonds. The number of carbonyl (C=O) groups is 2. The first-order valence-corrected chi connectivity index (χ1v) is 10.7. The fourth-order valence-corrected chi connectivity index (χ4v) is 4.00. The minimum atomic E-state index is -0.416. The SMILES string of the molecule is COc1ccccc1C1CC(=O)N(Cc2ccc(Br)cc2)C(C)=C1C(=O)OC(C)C. The van der Waals surface area contributed by atoms with E-state index in [0.29, 0.717) is 23.6 Å². The molecule has 0 spiro atoms. The number of esters is 1. The lowest BCUT2D eigenvalue weighted by atomic mass is 9.83. The first-order valence-electron chi connectivity index (χ1n) is 9.91. The van der Waals surface area contributed by atoms with Gasteiger partial charge in [-0.15, -0.1) is 0 Å². The van der Waals surface area contributed by atoms with Crippen molar-refractivity contribution in [3.8, 4) is 5.75 Å². The predicted octanol–water partition coefficient (Wildman–Crippen LogP) is 5.20. The average molecular weight is 472 g/mol. The van der Waals surface area contributed by atoms with E-state index in [1.807, 2.05) is 69.3 Å². The van der Waals surface area contributed by atoms with E-state index in [2.05, 4.69) is 15.9 Å². The Labute approximate surface area is 185 Å². The van der Waals surface area contributed by atoms with Crippen LogP contribution >= 0.6 is 15.9 Å². The third-order valence-electron chi connectivity index (χ3n) is 5.15. The van der Waals surface area contributed by atoms with Crippen LogP contribution in [-0.2, 0) is 20.9 Å². The van der Waals surface area contributed by atoms with Crippen molar-refractivity contribution in [2.75, 3.05) is 7.11 Å². The van der Waals surface area contributed by atoms with Crippen LogP contribution in [-0.4, -0.2) is 30.0 Å². The molecule has 1 unspecified atom stereocenters. The molecule has 1 aliphatic rings. The van der Waals surface area contributed by atoms with Gasteiger partial charge in [0.2, 0.25) is 5.91 Å². The molecular weight excluding hydrogens is 446 g/mol. The molecule has 1 heterocycles. The molecule has 5 nitrogen and oxygen atoms in total. The molecule has 0 radical (unpaired) electrons. The van der Waals surface area contributed by atoms with Gasteiger partial charge in [-0.2, -0.15) is 0 Å². The van der Waals surface area contributed by atoms with Gasteiger partial charge in [-0.3, -0.25) is 4.79 Å². The van der Waals surface area contributed by atoms with Crippen molar-refractivity contribution in [1.82, 2.24) is 4.90 Å². The Balaban J connectivity index is 2.06. The van der Waals surface area contributed by atoms with Crippen LogP contribution in [0, 0.1) is 0 Å². The van der Waals surface area contributed by atoms with E-state index in [9.17, 15) is 9.59 Å². The zero-order valence-electron chi connectivity index (χ0n) is 17.6. The standard InChI is InChI=1S/C24H26BrNO4/c1-15(2)30-24(28)23-16(3)26(14-17-9-11-18(25)12-10-17)22(27)13-20(23)19-7-5-6-8-21(19)29-4/h5-12,15,20H,13-14H2,1-4H3. The van der Waals surface area contributed by atoms with Gasteiger partial charge in [-0.05, 0) is 44.5 Å². The molecule has 0 aliphatic carbocycles. The Morgan fingerprint density at radius 1 is 1.17 bits per heavy atom. The molecule has 0 saturated heterocycles. The zero-order valence-corrected chi connectivity index (χ0v) is 19.2. The second-order valence-corrected chi connectivity index (χ2v) is 8.47. The highest BCUT2D eigenvalue weighted by atomic mass is 79.9. The molecule has 1 atom stereocenters. The van der Waals surface area contributed by atoms with Crippen LogP contribution < -0.4 is 4.74 Å². The number of hydrogen-bond donors (Lipinski definition) is 0. The highest BCUT2D eigenvalue weighted by Crippen LogP contribution is 2.41. The maximum Gasteiger partial charge on any atom is 0.336 e. The monoisotopic (exact) mass is 471 g/mol. The van der Waals surface area contributed by atoms with Gasteiger partial charge in [0, 0.05) is 28.1 Å². The van der Waals surface area contributed by atoms with Crippen LogP contribution in [0.25, 0.3) is 0 Å². The third kappa shape index (κ3) is 4.75. The predicted molar refractivity (Wildman–Crippen MR) is 119 cm³/mol. The van der Waals surface area contributed by atoms with Crippen LogP contribution in [0.1, 0.15) is 44.2 Å². The molecule has 30 heavy (non-hydrogen) atoms. The summed E-state index contributed by atoms with van der Waals surface area (Å²) in [6.45, 7) is 5.85. The number of hydrogen-bond acceptors (Lipinski definition) is 4. The molecule has 0 saturated carbocycles. The number of para-hydroxylation sites is 1. The van der Waals surface area contributed by atoms with Crippen molar-refractivity contribution in [2.24, 2.45) is 0 Å². The second kappa shape index (κ2) is 9.47. The number of carbonyl (C=O) groups excluding carboxylic acids is 2. The first-order chi connectivity index (χ1) is 14.3. The number of allylic oxidation sites excluding steroid dienone is 1. The van der Waals surface area contributed by atoms with E-state index in [1.54, 1.807) is 12.0 Å². The van der Waals surface area contributed by atoms with Crippen LogP contribution in [0.2, 0.25) is 0 Å². The van der Waals surface area contributed by atoms with Gasteiger partial charge >= 0.3 is 5.97 Å². The van der Waals surface area contributed by atoms with Crippen LogP contribution in [0.15, 0.2) is 64.3 Å². The average Bonchev–Trinajstić information content (AvgIpc) is 2.71. The molecular formula is C24H26BrNO4. The number of amides is 1. The fraction of sp³-hybridized carbons (Fsp3) is 0.333. The Morgan fingerprint density at radius 2 is 1.83 bits per heavy atom. The lowest BCUT2D eigenvalue weighted by Crippen LogP contribution is -2.38. The summed E-state index contributed by atoms with van der Waals surface area (Å²) in [7, 11) is 1.59. The summed E-state index contributed by atoms with van der Waals surface area (Å²) in [6, 6.07) is 15.3. The summed E-state index contributed by atoms with van der Waals surface area (Å²) < 4.78 is 12.0. The maximum atomic E-state index is 13.1. The number of halogens is 1. The van der Waals surface area contributed by atoms with E-state index in [1.165, 1.54) is 0 Å². The van der Waals surface area contributed by atoms with Gasteiger partial charge in [0.05, 0.1) is 25.3 Å². The van der Waals surface area contributed by atoms with Crippen LogP contribution in [0.4, 0.5) is 0 Å². The van der Waals surface area contributed by atoms with Crippen molar-refractivity contribution >= 4 is 27.8 Å². The highest BCUT2D eigenvalue weighted by molar-refractivity contribution is 9.10. The number of nitrogens with zero attached hydrogens (tertiary/aromatic N) is 1. The van der Waals surface area contributed by atoms with Crippen LogP contribution in [0.3, 0.4) is 0 Å². The van der Waals surface area contributed by atoms with E-state index in [4.69, 9.17) is 9.47 Å². The first kappa shape index (κ1) is 22.1. The minimum absolute atomic E-state index is 0.0348. The molecule has 0 fully saturated rings. The topological polar surface area (TPSA) is 55.8 Å². The van der Waals surface area contributed by atoms with Crippen molar-refractivity contribution in [2.45, 2.75) is 45.8 Å². The summed E-state index contributed by atoms with van der Waals surface area (Å²) in [5, 5.41) is 0. The Morgan fingerprint density at radius 3 is 2.47 bits per heavy atom. The number of methoxy groups -OCH3 is 1. The Hall–Kier alpha value is -2.60. The summed E-state index contributed by atoms with van der Waals surface area (Å²) in [6.07, 6.45) is -0.0785. The summed E-state index contributed by atoms with van der Waals surface area (Å²) in [5.41, 5.74) is 2.92. The van der Waals surface area contributed by atoms with Gasteiger partial charge in [-0.25, -0.2) is 4.79 Å². The van der Waals surface area contributed by atoms with Crippen molar-refractivity contribution in [3.63, 3.8) is 0 Å². The van der Waals surface area contributed by atoms with E-state index < -0.39 is 11.9 Å². The zero-order chi connectivity index (χ0) is 21.8. The van der Waals surface area contributed by atoms with Gasteiger partial charge in [-0.1, -0.05) is 46.3 Å².